The Morgan fingerprint density at radius 3 is 2.75 bits per heavy atom. The zero-order chi connectivity index (χ0) is 20.3. The summed E-state index contributed by atoms with van der Waals surface area (Å²) in [5.41, 5.74) is 0.731. The lowest BCUT2D eigenvalue weighted by Gasteiger charge is -2.09. The number of urea groups is 1. The van der Waals surface area contributed by atoms with Crippen molar-refractivity contribution < 1.29 is 28.3 Å². The van der Waals surface area contributed by atoms with Crippen molar-refractivity contribution in [3.05, 3.63) is 58.1 Å². The van der Waals surface area contributed by atoms with Crippen LogP contribution in [0.2, 0.25) is 5.02 Å². The van der Waals surface area contributed by atoms with Crippen LogP contribution in [0, 0.1) is 0 Å². The second-order valence-corrected chi connectivity index (χ2v) is 6.17. The van der Waals surface area contributed by atoms with Crippen molar-refractivity contribution in [2.24, 2.45) is 0 Å². The van der Waals surface area contributed by atoms with Crippen LogP contribution >= 0.6 is 11.6 Å². The molecule has 0 unspecified atom stereocenters. The van der Waals surface area contributed by atoms with Gasteiger partial charge in [-0.3, -0.25) is 9.69 Å². The Morgan fingerprint density at radius 2 is 2.07 bits per heavy atom. The van der Waals surface area contributed by atoms with E-state index in [1.165, 1.54) is 25.3 Å². The molecular formula is C19H17ClN2O6. The quantitative estimate of drug-likeness (QED) is 0.451. The number of halogens is 1. The minimum Gasteiger partial charge on any atom is -0.492 e. The molecule has 146 valence electrons. The van der Waals surface area contributed by atoms with Gasteiger partial charge in [0.2, 0.25) is 5.76 Å². The van der Waals surface area contributed by atoms with Crippen LogP contribution in [0.15, 0.2) is 40.4 Å². The summed E-state index contributed by atoms with van der Waals surface area (Å²) in [6, 6.07) is 7.37. The van der Waals surface area contributed by atoms with Crippen LogP contribution < -0.4 is 10.1 Å². The lowest BCUT2D eigenvalue weighted by Crippen LogP contribution is -2.30. The van der Waals surface area contributed by atoms with Crippen LogP contribution in [-0.4, -0.2) is 36.5 Å². The van der Waals surface area contributed by atoms with E-state index in [-0.39, 0.29) is 23.8 Å². The first kappa shape index (κ1) is 19.5. The Hall–Kier alpha value is -3.26. The average molecular weight is 405 g/mol. The first-order valence-corrected chi connectivity index (χ1v) is 8.74. The molecule has 0 radical (unpaired) electrons. The number of methoxy groups -OCH3 is 1. The number of carbonyl (C=O) groups is 3. The van der Waals surface area contributed by atoms with Crippen molar-refractivity contribution in [3.8, 4) is 5.75 Å². The summed E-state index contributed by atoms with van der Waals surface area (Å²) in [4.78, 5) is 37.1. The van der Waals surface area contributed by atoms with Crippen LogP contribution in [0.25, 0.3) is 6.08 Å². The Balaban J connectivity index is 1.76. The molecule has 0 spiro atoms. The van der Waals surface area contributed by atoms with Crippen LogP contribution in [0.4, 0.5) is 4.79 Å². The number of imide groups is 1. The van der Waals surface area contributed by atoms with Gasteiger partial charge in [-0.2, -0.15) is 0 Å². The molecule has 1 fully saturated rings. The largest absolute Gasteiger partial charge is 0.492 e. The minimum atomic E-state index is -0.642. The molecule has 1 aliphatic rings. The fraction of sp³-hybridized carbons (Fsp3) is 0.211. The molecule has 1 aromatic heterocycles. The Kier molecular flexibility index (Phi) is 5.70. The molecule has 0 bridgehead atoms. The molecule has 2 heterocycles. The van der Waals surface area contributed by atoms with Gasteiger partial charge in [0.15, 0.2) is 0 Å². The van der Waals surface area contributed by atoms with Gasteiger partial charge in [-0.25, -0.2) is 9.59 Å². The highest BCUT2D eigenvalue weighted by molar-refractivity contribution is 6.32. The van der Waals surface area contributed by atoms with Crippen LogP contribution in [0.5, 0.6) is 5.75 Å². The summed E-state index contributed by atoms with van der Waals surface area (Å²) < 4.78 is 15.2. The maximum atomic E-state index is 12.6. The number of carbonyl (C=O) groups excluding carboxylic acids is 3. The summed E-state index contributed by atoms with van der Waals surface area (Å²) >= 11 is 6.15. The fourth-order valence-corrected chi connectivity index (χ4v) is 2.83. The van der Waals surface area contributed by atoms with Crippen LogP contribution in [-0.2, 0) is 16.1 Å². The SMILES string of the molecule is CCOc1ccc(C=C2NC(=O)N(Cc3ccc(C(=O)OC)o3)C2=O)cc1Cl. The molecule has 1 N–H and O–H groups in total. The molecule has 2 aromatic rings. The van der Waals surface area contributed by atoms with Gasteiger partial charge in [0.05, 0.1) is 25.3 Å². The van der Waals surface area contributed by atoms with E-state index in [9.17, 15) is 14.4 Å². The summed E-state index contributed by atoms with van der Waals surface area (Å²) in [5.74, 6) is -0.366. The number of benzene rings is 1. The predicted octanol–water partition coefficient (Wildman–Crippen LogP) is 3.21. The minimum absolute atomic E-state index is 0.00986. The number of amides is 3. The van der Waals surface area contributed by atoms with Crippen molar-refractivity contribution in [2.45, 2.75) is 13.5 Å². The second-order valence-electron chi connectivity index (χ2n) is 5.76. The lowest BCUT2D eigenvalue weighted by molar-refractivity contribution is -0.123. The molecule has 0 saturated carbocycles. The van der Waals surface area contributed by atoms with E-state index in [2.05, 4.69) is 10.1 Å². The van der Waals surface area contributed by atoms with E-state index < -0.39 is 17.9 Å². The van der Waals surface area contributed by atoms with Gasteiger partial charge in [-0.15, -0.1) is 0 Å². The van der Waals surface area contributed by atoms with E-state index in [4.69, 9.17) is 20.8 Å². The van der Waals surface area contributed by atoms with Crippen LogP contribution in [0.3, 0.4) is 0 Å². The van der Waals surface area contributed by atoms with Crippen molar-refractivity contribution in [2.75, 3.05) is 13.7 Å². The molecule has 3 rings (SSSR count). The van der Waals surface area contributed by atoms with Gasteiger partial charge in [0, 0.05) is 0 Å². The highest BCUT2D eigenvalue weighted by Gasteiger charge is 2.34. The zero-order valence-electron chi connectivity index (χ0n) is 15.2. The van der Waals surface area contributed by atoms with E-state index in [1.54, 1.807) is 18.2 Å². The van der Waals surface area contributed by atoms with Crippen LogP contribution in [0.1, 0.15) is 28.8 Å². The van der Waals surface area contributed by atoms with E-state index in [1.807, 2.05) is 6.92 Å². The number of nitrogens with zero attached hydrogens (tertiary/aromatic N) is 1. The van der Waals surface area contributed by atoms with Gasteiger partial charge in [0.1, 0.15) is 17.2 Å². The maximum absolute atomic E-state index is 12.6. The molecule has 1 aromatic carbocycles. The summed E-state index contributed by atoms with van der Waals surface area (Å²) in [5, 5.41) is 2.91. The van der Waals surface area contributed by atoms with E-state index in [0.717, 1.165) is 4.90 Å². The normalized spacial score (nSPS) is 15.1. The molecule has 0 atom stereocenters. The van der Waals surface area contributed by atoms with Gasteiger partial charge in [-0.05, 0) is 42.8 Å². The van der Waals surface area contributed by atoms with Crippen molar-refractivity contribution in [3.63, 3.8) is 0 Å². The maximum Gasteiger partial charge on any atom is 0.373 e. The third kappa shape index (κ3) is 4.01. The summed E-state index contributed by atoms with van der Waals surface area (Å²) in [7, 11) is 1.23. The highest BCUT2D eigenvalue weighted by Crippen LogP contribution is 2.27. The van der Waals surface area contributed by atoms with Gasteiger partial charge < -0.3 is 19.2 Å². The molecule has 1 aliphatic heterocycles. The summed E-state index contributed by atoms with van der Waals surface area (Å²) in [6.07, 6.45) is 1.52. The van der Waals surface area contributed by atoms with Gasteiger partial charge >= 0.3 is 12.0 Å². The van der Waals surface area contributed by atoms with Crippen molar-refractivity contribution in [1.82, 2.24) is 10.2 Å². The molecule has 3 amide bonds. The number of rotatable bonds is 6. The Labute approximate surface area is 165 Å². The van der Waals surface area contributed by atoms with E-state index >= 15 is 0 Å². The number of nitrogens with one attached hydrogen (secondary N) is 1. The standard InChI is InChI=1S/C19H17ClN2O6/c1-3-27-15-6-4-11(8-13(15)20)9-14-17(23)22(19(25)21-14)10-12-5-7-16(28-12)18(24)26-2/h4-9H,3,10H2,1-2H3,(H,21,25). The van der Waals surface area contributed by atoms with Gasteiger partial charge in [-0.1, -0.05) is 17.7 Å². The van der Waals surface area contributed by atoms with Gasteiger partial charge in [0.25, 0.3) is 5.91 Å². The third-order valence-electron chi connectivity index (χ3n) is 3.89. The van der Waals surface area contributed by atoms with E-state index in [0.29, 0.717) is 22.9 Å². The summed E-state index contributed by atoms with van der Waals surface area (Å²) in [6.45, 7) is 2.21. The topological polar surface area (TPSA) is 98.1 Å². The molecule has 1 saturated heterocycles. The molecule has 28 heavy (non-hydrogen) atoms. The molecular weight excluding hydrogens is 388 g/mol. The zero-order valence-corrected chi connectivity index (χ0v) is 15.9. The monoisotopic (exact) mass is 404 g/mol. The Morgan fingerprint density at radius 1 is 1.29 bits per heavy atom. The molecule has 9 heteroatoms. The van der Waals surface area contributed by atoms with Crippen molar-refractivity contribution >= 4 is 35.6 Å². The smallest absolute Gasteiger partial charge is 0.373 e. The first-order chi connectivity index (χ1) is 13.4. The van der Waals surface area contributed by atoms with Crippen molar-refractivity contribution in [1.29, 1.82) is 0 Å². The Bertz CT molecular complexity index is 965. The fourth-order valence-electron chi connectivity index (χ4n) is 2.59. The molecule has 8 nitrogen and oxygen atoms in total. The number of hydrogen-bond acceptors (Lipinski definition) is 6. The second kappa shape index (κ2) is 8.18. The first-order valence-electron chi connectivity index (χ1n) is 8.36. The number of hydrogen-bond donors (Lipinski definition) is 1. The number of furan rings is 1. The molecule has 0 aliphatic carbocycles. The lowest BCUT2D eigenvalue weighted by atomic mass is 10.2. The number of ether oxygens (including phenoxy) is 2. The number of esters is 1. The highest BCUT2D eigenvalue weighted by atomic mass is 35.5. The third-order valence-corrected chi connectivity index (χ3v) is 4.19. The average Bonchev–Trinajstić information content (AvgIpc) is 3.24. The predicted molar refractivity (Wildman–Crippen MR) is 99.7 cm³/mol.